The van der Waals surface area contributed by atoms with Crippen LogP contribution < -0.4 is 0 Å². The zero-order chi connectivity index (χ0) is 33.0. The first kappa shape index (κ1) is 32.7. The van der Waals surface area contributed by atoms with Gasteiger partial charge in [0.25, 0.3) is 0 Å². The highest BCUT2D eigenvalue weighted by molar-refractivity contribution is 5.95. The molecule has 0 radical (unpaired) electrons. The molecule has 5 fully saturated rings. The van der Waals surface area contributed by atoms with Gasteiger partial charge < -0.3 is 14.9 Å². The van der Waals surface area contributed by atoms with E-state index in [2.05, 4.69) is 41.5 Å². The van der Waals surface area contributed by atoms with Crippen LogP contribution in [0.4, 0.5) is 0 Å². The first-order valence-corrected chi connectivity index (χ1v) is 17.8. The van der Waals surface area contributed by atoms with E-state index in [1.807, 2.05) is 13.0 Å². The van der Waals surface area contributed by atoms with Gasteiger partial charge >= 0.3 is 17.9 Å². The largest absolute Gasteiger partial charge is 0.481 e. The highest BCUT2D eigenvalue weighted by Gasteiger charge is 2.70. The van der Waals surface area contributed by atoms with Crippen LogP contribution in [-0.4, -0.2) is 40.0 Å². The van der Waals surface area contributed by atoms with Gasteiger partial charge in [0.05, 0.1) is 17.3 Å². The molecule has 0 aliphatic heterocycles. The van der Waals surface area contributed by atoms with E-state index in [4.69, 9.17) is 4.74 Å². The maximum absolute atomic E-state index is 14.6. The van der Waals surface area contributed by atoms with Crippen LogP contribution in [0, 0.1) is 62.1 Å². The second kappa shape index (κ2) is 10.4. The Morgan fingerprint density at radius 1 is 0.800 bits per heavy atom. The van der Waals surface area contributed by atoms with Crippen LogP contribution in [-0.2, 0) is 23.9 Å². The molecule has 7 nitrogen and oxygen atoms in total. The molecule has 0 aromatic rings. The molecular formula is C38H56O7. The third-order valence-corrected chi connectivity index (χ3v) is 15.7. The van der Waals surface area contributed by atoms with Gasteiger partial charge in [0.1, 0.15) is 6.10 Å². The number of esters is 1. The summed E-state index contributed by atoms with van der Waals surface area (Å²) in [6.07, 6.45) is 12.0. The minimum absolute atomic E-state index is 0.0206. The average molecular weight is 625 g/mol. The van der Waals surface area contributed by atoms with E-state index in [1.165, 1.54) is 5.57 Å². The molecule has 6 rings (SSSR count). The molecule has 45 heavy (non-hydrogen) atoms. The molecule has 0 bridgehead atoms. The summed E-state index contributed by atoms with van der Waals surface area (Å²) in [5.41, 5.74) is -0.576. The van der Waals surface area contributed by atoms with Gasteiger partial charge in [-0.15, -0.1) is 0 Å². The number of carbonyl (C=O) groups excluding carboxylic acids is 2. The summed E-state index contributed by atoms with van der Waals surface area (Å²) in [6, 6.07) is 0. The monoisotopic (exact) mass is 624 g/mol. The van der Waals surface area contributed by atoms with E-state index in [0.717, 1.165) is 51.4 Å². The topological polar surface area (TPSA) is 118 Å². The summed E-state index contributed by atoms with van der Waals surface area (Å²) >= 11 is 0. The van der Waals surface area contributed by atoms with Crippen LogP contribution >= 0.6 is 0 Å². The van der Waals surface area contributed by atoms with Crippen molar-refractivity contribution in [1.82, 2.24) is 0 Å². The third-order valence-electron chi connectivity index (χ3n) is 15.7. The number of ketones is 1. The lowest BCUT2D eigenvalue weighted by molar-refractivity contribution is -0.213. The van der Waals surface area contributed by atoms with Crippen LogP contribution in [0.15, 0.2) is 11.6 Å². The fraction of sp³-hybridized carbons (Fsp3) is 0.842. The number of fused-ring (bicyclic) bond motifs is 7. The fourth-order valence-electron chi connectivity index (χ4n) is 12.5. The van der Waals surface area contributed by atoms with Gasteiger partial charge in [-0.1, -0.05) is 60.0 Å². The first-order valence-electron chi connectivity index (χ1n) is 17.8. The van der Waals surface area contributed by atoms with Crippen molar-refractivity contribution in [3.8, 4) is 0 Å². The lowest BCUT2D eigenvalue weighted by Gasteiger charge is -2.70. The quantitative estimate of drug-likeness (QED) is 0.306. The Hall–Kier alpha value is -2.18. The van der Waals surface area contributed by atoms with Gasteiger partial charge in [-0.2, -0.15) is 0 Å². The van der Waals surface area contributed by atoms with Crippen molar-refractivity contribution in [3.05, 3.63) is 11.6 Å². The second-order valence-electron chi connectivity index (χ2n) is 18.2. The SMILES string of the molecule is CC1(C)C2CC[C@@]3(C)[C@H](C(=O)C=C4[C@H]5C[C@@](C)(C(=O)O)CC[C@@]5(C)CC[C@@]43C)[C@]2(C)CC[C@@H]1OC(=O)[C@H]1CCCC[C@H]1C(=O)O. The summed E-state index contributed by atoms with van der Waals surface area (Å²) in [4.78, 5) is 52.4. The van der Waals surface area contributed by atoms with E-state index in [9.17, 15) is 29.4 Å². The molecule has 250 valence electrons. The predicted octanol–water partition coefficient (Wildman–Crippen LogP) is 7.85. The van der Waals surface area contributed by atoms with Crippen molar-refractivity contribution in [1.29, 1.82) is 0 Å². The normalized spacial score (nSPS) is 48.9. The van der Waals surface area contributed by atoms with Gasteiger partial charge in [-0.05, 0) is 117 Å². The maximum atomic E-state index is 14.6. The number of hydrogen-bond acceptors (Lipinski definition) is 5. The van der Waals surface area contributed by atoms with E-state index >= 15 is 0 Å². The highest BCUT2D eigenvalue weighted by atomic mass is 16.5. The average Bonchev–Trinajstić information content (AvgIpc) is 2.96. The summed E-state index contributed by atoms with van der Waals surface area (Å²) in [5, 5.41) is 20.0. The molecule has 7 heteroatoms. The molecule has 1 unspecified atom stereocenters. The number of ether oxygens (including phenoxy) is 1. The fourth-order valence-corrected chi connectivity index (χ4v) is 12.5. The molecule has 2 N–H and O–H groups in total. The smallest absolute Gasteiger partial charge is 0.310 e. The predicted molar refractivity (Wildman–Crippen MR) is 170 cm³/mol. The van der Waals surface area contributed by atoms with Gasteiger partial charge in [0, 0.05) is 11.3 Å². The molecule has 0 saturated heterocycles. The first-order chi connectivity index (χ1) is 20.8. The minimum atomic E-state index is -0.903. The van der Waals surface area contributed by atoms with Crippen molar-refractivity contribution < 1.29 is 34.1 Å². The molecule has 6 aliphatic rings. The standard InChI is InChI=1S/C38H56O7/c1-33(2)27-12-15-38(7)29(36(27,5)14-13-28(33)45-31(42)23-11-9-8-10-22(23)30(40)41)26(39)20-24-25-21-35(4,32(43)44)17-16-34(25,3)18-19-37(24,38)6/h20,22-23,25,27-29H,8-19,21H2,1-7H3,(H,40,41)(H,43,44)/t22-,23+,25-,27?,28+,29-,34+,35+,36-,37+,38+/m1/s1. The Morgan fingerprint density at radius 2 is 1.44 bits per heavy atom. The molecular weight excluding hydrogens is 568 g/mol. The van der Waals surface area contributed by atoms with Crippen LogP contribution in [0.2, 0.25) is 0 Å². The number of carboxylic acids is 2. The van der Waals surface area contributed by atoms with Crippen molar-refractivity contribution in [3.63, 3.8) is 0 Å². The number of rotatable bonds is 4. The number of allylic oxidation sites excluding steroid dienone is 2. The molecule has 0 amide bonds. The van der Waals surface area contributed by atoms with Crippen molar-refractivity contribution in [2.24, 2.45) is 62.1 Å². The van der Waals surface area contributed by atoms with Crippen LogP contribution in [0.3, 0.4) is 0 Å². The van der Waals surface area contributed by atoms with Crippen molar-refractivity contribution in [2.75, 3.05) is 0 Å². The maximum Gasteiger partial charge on any atom is 0.310 e. The molecule has 6 aliphatic carbocycles. The lowest BCUT2D eigenvalue weighted by Crippen LogP contribution is -2.66. The van der Waals surface area contributed by atoms with Gasteiger partial charge in [0.15, 0.2) is 5.78 Å². The van der Waals surface area contributed by atoms with E-state index in [-0.39, 0.29) is 62.7 Å². The third kappa shape index (κ3) is 4.54. The number of hydrogen-bond donors (Lipinski definition) is 2. The van der Waals surface area contributed by atoms with Crippen LogP contribution in [0.25, 0.3) is 0 Å². The Bertz CT molecular complexity index is 1330. The van der Waals surface area contributed by atoms with Gasteiger partial charge in [0.2, 0.25) is 0 Å². The van der Waals surface area contributed by atoms with Crippen molar-refractivity contribution in [2.45, 2.75) is 138 Å². The molecule has 5 saturated carbocycles. The molecule has 0 spiro atoms. The van der Waals surface area contributed by atoms with E-state index in [0.29, 0.717) is 32.1 Å². The molecule has 0 heterocycles. The molecule has 0 aromatic carbocycles. The number of carbonyl (C=O) groups is 4. The Kier molecular flexibility index (Phi) is 7.58. The minimum Gasteiger partial charge on any atom is -0.481 e. The molecule has 11 atom stereocenters. The zero-order valence-corrected chi connectivity index (χ0v) is 28.7. The van der Waals surface area contributed by atoms with Gasteiger partial charge in [-0.3, -0.25) is 19.2 Å². The Labute approximate surface area is 269 Å². The van der Waals surface area contributed by atoms with Gasteiger partial charge in [-0.25, -0.2) is 0 Å². The summed E-state index contributed by atoms with van der Waals surface area (Å²) in [7, 11) is 0. The van der Waals surface area contributed by atoms with E-state index < -0.39 is 29.2 Å². The van der Waals surface area contributed by atoms with Crippen molar-refractivity contribution >= 4 is 23.7 Å². The highest BCUT2D eigenvalue weighted by Crippen LogP contribution is 2.75. The van der Waals surface area contributed by atoms with Crippen LogP contribution in [0.5, 0.6) is 0 Å². The lowest BCUT2D eigenvalue weighted by atomic mass is 9.33. The van der Waals surface area contributed by atoms with E-state index in [1.54, 1.807) is 0 Å². The number of aliphatic carboxylic acids is 2. The summed E-state index contributed by atoms with van der Waals surface area (Å²) in [5.74, 6) is -2.91. The number of carboxylic acid groups (broad SMARTS) is 2. The summed E-state index contributed by atoms with van der Waals surface area (Å²) in [6.45, 7) is 15.7. The zero-order valence-electron chi connectivity index (χ0n) is 28.7. The molecule has 0 aromatic heterocycles. The second-order valence-corrected chi connectivity index (χ2v) is 18.2. The Balaban J connectivity index is 1.30. The van der Waals surface area contributed by atoms with Crippen LogP contribution in [0.1, 0.15) is 132 Å². The Morgan fingerprint density at radius 3 is 2.09 bits per heavy atom. The summed E-state index contributed by atoms with van der Waals surface area (Å²) < 4.78 is 6.28.